The van der Waals surface area contributed by atoms with E-state index in [1.54, 1.807) is 0 Å². The van der Waals surface area contributed by atoms with Crippen molar-refractivity contribution < 1.29 is 9.53 Å². The quantitative estimate of drug-likeness (QED) is 0.586. The minimum absolute atomic E-state index is 0.195. The number of nitrogens with one attached hydrogen (secondary N) is 1. The van der Waals surface area contributed by atoms with Gasteiger partial charge in [-0.15, -0.1) is 0 Å². The third-order valence-corrected chi connectivity index (χ3v) is 8.28. The van der Waals surface area contributed by atoms with Crippen LogP contribution in [0.2, 0.25) is 13.1 Å². The molecule has 2 aromatic carbocycles. The summed E-state index contributed by atoms with van der Waals surface area (Å²) in [5.74, 6) is -0.490. The number of aromatic amines is 1. The highest BCUT2D eigenvalue weighted by molar-refractivity contribution is 7.00. The molecule has 1 aromatic heterocycles. The number of ether oxygens (including phenoxy) is 1. The van der Waals surface area contributed by atoms with E-state index in [0.29, 0.717) is 0 Å². The van der Waals surface area contributed by atoms with Gasteiger partial charge in [-0.05, 0) is 18.6 Å². The van der Waals surface area contributed by atoms with E-state index in [2.05, 4.69) is 54.5 Å². The maximum Gasteiger partial charge on any atom is 0.312 e. The molecule has 24 heavy (non-hydrogen) atoms. The summed E-state index contributed by atoms with van der Waals surface area (Å²) < 4.78 is 5.02. The Morgan fingerprint density at radius 2 is 1.67 bits per heavy atom. The minimum atomic E-state index is -1.97. The molecular formula is C20H23NO2Si. The Morgan fingerprint density at radius 3 is 2.33 bits per heavy atom. The second-order valence-corrected chi connectivity index (χ2v) is 11.0. The highest BCUT2D eigenvalue weighted by Crippen LogP contribution is 2.27. The summed E-state index contributed by atoms with van der Waals surface area (Å²) in [6.07, 6.45) is 0. The average molecular weight is 337 g/mol. The number of para-hydroxylation sites is 1. The van der Waals surface area contributed by atoms with Crippen LogP contribution in [0.3, 0.4) is 0 Å². The second-order valence-electron chi connectivity index (χ2n) is 6.70. The topological polar surface area (TPSA) is 42.1 Å². The number of H-pyrrole nitrogens is 1. The predicted octanol–water partition coefficient (Wildman–Crippen LogP) is 3.27. The molecule has 0 fully saturated rings. The summed E-state index contributed by atoms with van der Waals surface area (Å²) in [6.45, 7) is 6.57. The Hall–Kier alpha value is -2.33. The SMILES string of the molecule is COC(=O)C(C)c1c([Si](C)(C)c2ccccc2)[nH]c2ccccc12. The van der Waals surface area contributed by atoms with Crippen LogP contribution in [0.1, 0.15) is 18.4 Å². The van der Waals surface area contributed by atoms with Crippen LogP contribution in [0.15, 0.2) is 54.6 Å². The van der Waals surface area contributed by atoms with Crippen LogP contribution in [0.4, 0.5) is 0 Å². The number of carbonyl (C=O) groups excluding carboxylic acids is 1. The molecule has 0 radical (unpaired) electrons. The van der Waals surface area contributed by atoms with E-state index < -0.39 is 8.07 Å². The molecule has 0 bridgehead atoms. The first-order valence-electron chi connectivity index (χ1n) is 8.21. The predicted molar refractivity (Wildman–Crippen MR) is 102 cm³/mol. The zero-order chi connectivity index (χ0) is 17.3. The molecule has 3 nitrogen and oxygen atoms in total. The van der Waals surface area contributed by atoms with Crippen molar-refractivity contribution in [2.24, 2.45) is 0 Å². The van der Waals surface area contributed by atoms with Gasteiger partial charge in [-0.1, -0.05) is 66.8 Å². The van der Waals surface area contributed by atoms with E-state index >= 15 is 0 Å². The Labute approximate surface area is 143 Å². The van der Waals surface area contributed by atoms with E-state index in [-0.39, 0.29) is 11.9 Å². The van der Waals surface area contributed by atoms with Crippen LogP contribution in [0.25, 0.3) is 10.9 Å². The Morgan fingerprint density at radius 1 is 1.04 bits per heavy atom. The van der Waals surface area contributed by atoms with Gasteiger partial charge in [-0.25, -0.2) is 0 Å². The lowest BCUT2D eigenvalue weighted by Gasteiger charge is -2.25. The normalized spacial score (nSPS) is 13.0. The van der Waals surface area contributed by atoms with Gasteiger partial charge in [0.1, 0.15) is 8.07 Å². The summed E-state index contributed by atoms with van der Waals surface area (Å²) in [6, 6.07) is 18.8. The monoisotopic (exact) mass is 337 g/mol. The molecule has 1 unspecified atom stereocenters. The molecule has 1 atom stereocenters. The summed E-state index contributed by atoms with van der Waals surface area (Å²) >= 11 is 0. The summed E-state index contributed by atoms with van der Waals surface area (Å²) in [5, 5.41) is 3.66. The molecule has 0 aliphatic rings. The van der Waals surface area contributed by atoms with Gasteiger partial charge in [0.2, 0.25) is 0 Å². The van der Waals surface area contributed by atoms with Gasteiger partial charge < -0.3 is 9.72 Å². The highest BCUT2D eigenvalue weighted by Gasteiger charge is 2.34. The second kappa shape index (κ2) is 6.28. The number of hydrogen-bond acceptors (Lipinski definition) is 2. The van der Waals surface area contributed by atoms with Crippen LogP contribution in [0.5, 0.6) is 0 Å². The van der Waals surface area contributed by atoms with Gasteiger partial charge in [-0.2, -0.15) is 0 Å². The first kappa shape index (κ1) is 16.5. The Balaban J connectivity index is 2.26. The number of aromatic nitrogens is 1. The average Bonchev–Trinajstić information content (AvgIpc) is 3.01. The number of carbonyl (C=O) groups is 1. The van der Waals surface area contributed by atoms with Crippen molar-refractivity contribution in [2.75, 3.05) is 7.11 Å². The lowest BCUT2D eigenvalue weighted by atomic mass is 10.0. The van der Waals surface area contributed by atoms with Gasteiger partial charge in [0, 0.05) is 16.2 Å². The molecule has 0 saturated heterocycles. The van der Waals surface area contributed by atoms with Gasteiger partial charge in [-0.3, -0.25) is 4.79 Å². The van der Waals surface area contributed by atoms with Crippen LogP contribution < -0.4 is 10.5 Å². The number of fused-ring (bicyclic) bond motifs is 1. The molecule has 0 spiro atoms. The standard InChI is InChI=1S/C20H23NO2Si/c1-14(20(22)23-2)18-16-12-8-9-13-17(16)21-19(18)24(3,4)15-10-6-5-7-11-15/h5-14,21H,1-4H3. The first-order valence-corrected chi connectivity index (χ1v) is 11.2. The molecule has 1 heterocycles. The Bertz CT molecular complexity index is 868. The van der Waals surface area contributed by atoms with Crippen molar-refractivity contribution in [3.05, 3.63) is 60.2 Å². The van der Waals surface area contributed by atoms with Gasteiger partial charge >= 0.3 is 5.97 Å². The van der Waals surface area contributed by atoms with E-state index in [9.17, 15) is 4.79 Å². The highest BCUT2D eigenvalue weighted by atomic mass is 28.3. The van der Waals surface area contributed by atoms with Gasteiger partial charge in [0.25, 0.3) is 0 Å². The summed E-state index contributed by atoms with van der Waals surface area (Å²) in [5.41, 5.74) is 2.16. The van der Waals surface area contributed by atoms with E-state index in [1.165, 1.54) is 17.6 Å². The van der Waals surface area contributed by atoms with E-state index in [4.69, 9.17) is 4.74 Å². The lowest BCUT2D eigenvalue weighted by molar-refractivity contribution is -0.141. The van der Waals surface area contributed by atoms with Crippen LogP contribution >= 0.6 is 0 Å². The van der Waals surface area contributed by atoms with Gasteiger partial charge in [0.15, 0.2) is 0 Å². The fourth-order valence-electron chi connectivity index (χ4n) is 3.40. The van der Waals surface area contributed by atoms with Crippen molar-refractivity contribution in [3.8, 4) is 0 Å². The number of methoxy groups -OCH3 is 1. The largest absolute Gasteiger partial charge is 0.469 e. The van der Waals surface area contributed by atoms with Crippen molar-refractivity contribution in [1.82, 2.24) is 4.98 Å². The molecule has 4 heteroatoms. The fraction of sp³-hybridized carbons (Fsp3) is 0.250. The van der Waals surface area contributed by atoms with E-state index in [1.807, 2.05) is 25.1 Å². The molecule has 0 amide bonds. The third kappa shape index (κ3) is 2.67. The number of hydrogen-bond donors (Lipinski definition) is 1. The zero-order valence-corrected chi connectivity index (χ0v) is 15.6. The van der Waals surface area contributed by atoms with Crippen molar-refractivity contribution in [3.63, 3.8) is 0 Å². The molecular weight excluding hydrogens is 314 g/mol. The smallest absolute Gasteiger partial charge is 0.312 e. The third-order valence-electron chi connectivity index (χ3n) is 4.85. The molecule has 3 rings (SSSR count). The first-order chi connectivity index (χ1) is 11.5. The fourth-order valence-corrected chi connectivity index (χ4v) is 6.19. The molecule has 0 aliphatic heterocycles. The van der Waals surface area contributed by atoms with Crippen molar-refractivity contribution in [2.45, 2.75) is 25.9 Å². The molecule has 3 aromatic rings. The van der Waals surface area contributed by atoms with Crippen molar-refractivity contribution in [1.29, 1.82) is 0 Å². The minimum Gasteiger partial charge on any atom is -0.469 e. The molecule has 124 valence electrons. The lowest BCUT2D eigenvalue weighted by Crippen LogP contribution is -2.55. The maximum absolute atomic E-state index is 12.2. The Kier molecular flexibility index (Phi) is 4.33. The van der Waals surface area contributed by atoms with Crippen LogP contribution in [-0.2, 0) is 9.53 Å². The van der Waals surface area contributed by atoms with E-state index in [0.717, 1.165) is 16.5 Å². The molecule has 1 N–H and O–H groups in total. The zero-order valence-electron chi connectivity index (χ0n) is 14.6. The van der Waals surface area contributed by atoms with Crippen molar-refractivity contribution >= 4 is 35.5 Å². The number of benzene rings is 2. The van der Waals surface area contributed by atoms with Crippen LogP contribution in [0, 0.1) is 0 Å². The number of esters is 1. The van der Waals surface area contributed by atoms with Gasteiger partial charge in [0.05, 0.1) is 13.0 Å². The van der Waals surface area contributed by atoms with Crippen LogP contribution in [-0.4, -0.2) is 26.1 Å². The maximum atomic E-state index is 12.2. The molecule has 0 aliphatic carbocycles. The number of rotatable bonds is 4. The molecule has 0 saturated carbocycles. The summed E-state index contributed by atoms with van der Waals surface area (Å²) in [7, 11) is -0.516. The summed E-state index contributed by atoms with van der Waals surface area (Å²) in [4.78, 5) is 15.9.